The number of benzene rings is 2. The highest BCUT2D eigenvalue weighted by molar-refractivity contribution is 5.83. The molecule has 2 aromatic carbocycles. The molecule has 0 atom stereocenters. The zero-order valence-corrected chi connectivity index (χ0v) is 15.6. The molecule has 0 spiro atoms. The van der Waals surface area contributed by atoms with E-state index in [1.807, 2.05) is 37.3 Å². The van der Waals surface area contributed by atoms with Gasteiger partial charge in [-0.15, -0.1) is 0 Å². The van der Waals surface area contributed by atoms with E-state index >= 15 is 4.39 Å². The van der Waals surface area contributed by atoms with Crippen molar-refractivity contribution in [2.24, 2.45) is 0 Å². The fourth-order valence-corrected chi connectivity index (χ4v) is 3.88. The first-order valence-electron chi connectivity index (χ1n) is 9.60. The lowest BCUT2D eigenvalue weighted by atomic mass is 9.86. The maximum Gasteiger partial charge on any atom is 0.222 e. The van der Waals surface area contributed by atoms with Gasteiger partial charge in [0.05, 0.1) is 6.26 Å². The van der Waals surface area contributed by atoms with E-state index in [0.29, 0.717) is 38.8 Å². The van der Waals surface area contributed by atoms with Crippen LogP contribution in [0.5, 0.6) is 0 Å². The Labute approximate surface area is 158 Å². The maximum absolute atomic E-state index is 15.2. The van der Waals surface area contributed by atoms with Gasteiger partial charge in [-0.3, -0.25) is 4.79 Å². The van der Waals surface area contributed by atoms with E-state index < -0.39 is 5.67 Å². The monoisotopic (exact) mass is 365 g/mol. The van der Waals surface area contributed by atoms with Gasteiger partial charge in [0.15, 0.2) is 0 Å². The molecule has 0 saturated carbocycles. The molecule has 4 rings (SSSR count). The number of carbonyl (C=O) groups excluding carboxylic acids is 1. The predicted molar refractivity (Wildman–Crippen MR) is 105 cm³/mol. The van der Waals surface area contributed by atoms with Crippen LogP contribution in [0, 0.1) is 0 Å². The molecule has 1 aliphatic rings. The number of carbonyl (C=O) groups is 1. The average molecular weight is 365 g/mol. The minimum absolute atomic E-state index is 0.121. The summed E-state index contributed by atoms with van der Waals surface area (Å²) in [6, 6.07) is 16.2. The van der Waals surface area contributed by atoms with E-state index in [0.717, 1.165) is 27.7 Å². The zero-order chi connectivity index (χ0) is 18.9. The standard InChI is InChI=1S/C23H24FNO2/c1-2-22(26)25-12-10-23(24,11-13-25)16-17-3-5-18(6-4-17)19-7-8-21-20(15-19)9-14-27-21/h3-9,14-15H,2,10-13,16H2,1H3. The number of likely N-dealkylation sites (tertiary alicyclic amines) is 1. The van der Waals surface area contributed by atoms with Crippen LogP contribution >= 0.6 is 0 Å². The molecule has 140 valence electrons. The van der Waals surface area contributed by atoms with Crippen LogP contribution in [0.3, 0.4) is 0 Å². The molecule has 1 aliphatic heterocycles. The van der Waals surface area contributed by atoms with Crippen LogP contribution in [0.25, 0.3) is 22.1 Å². The van der Waals surface area contributed by atoms with Crippen molar-refractivity contribution in [2.75, 3.05) is 13.1 Å². The molecule has 4 heteroatoms. The highest BCUT2D eigenvalue weighted by Gasteiger charge is 2.35. The number of furan rings is 1. The van der Waals surface area contributed by atoms with Crippen LogP contribution in [0.2, 0.25) is 0 Å². The van der Waals surface area contributed by atoms with Gasteiger partial charge in [0.2, 0.25) is 5.91 Å². The van der Waals surface area contributed by atoms with Crippen molar-refractivity contribution < 1.29 is 13.6 Å². The number of hydrogen-bond acceptors (Lipinski definition) is 2. The molecule has 0 N–H and O–H groups in total. The Morgan fingerprint density at radius 1 is 1.07 bits per heavy atom. The highest BCUT2D eigenvalue weighted by atomic mass is 19.1. The Kier molecular flexibility index (Phi) is 4.73. The summed E-state index contributed by atoms with van der Waals surface area (Å²) in [4.78, 5) is 13.6. The van der Waals surface area contributed by atoms with Gasteiger partial charge >= 0.3 is 0 Å². The van der Waals surface area contributed by atoms with Gasteiger partial charge in [0, 0.05) is 31.3 Å². The largest absolute Gasteiger partial charge is 0.464 e. The first-order valence-corrected chi connectivity index (χ1v) is 9.60. The molecule has 0 bridgehead atoms. The normalized spacial score (nSPS) is 16.6. The van der Waals surface area contributed by atoms with Crippen LogP contribution < -0.4 is 0 Å². The topological polar surface area (TPSA) is 33.5 Å². The lowest BCUT2D eigenvalue weighted by Gasteiger charge is -2.36. The average Bonchev–Trinajstić information content (AvgIpc) is 3.16. The van der Waals surface area contributed by atoms with Gasteiger partial charge in [-0.1, -0.05) is 37.3 Å². The summed E-state index contributed by atoms with van der Waals surface area (Å²) in [5, 5.41) is 1.08. The lowest BCUT2D eigenvalue weighted by Crippen LogP contribution is -2.45. The van der Waals surface area contributed by atoms with Crippen molar-refractivity contribution in [3.05, 3.63) is 60.4 Å². The molecule has 0 aliphatic carbocycles. The second-order valence-electron chi connectivity index (χ2n) is 7.43. The predicted octanol–water partition coefficient (Wildman–Crippen LogP) is 5.38. The van der Waals surface area contributed by atoms with Crippen LogP contribution in [0.1, 0.15) is 31.7 Å². The summed E-state index contributed by atoms with van der Waals surface area (Å²) in [5.74, 6) is 0.121. The minimum Gasteiger partial charge on any atom is -0.464 e. The molecule has 1 saturated heterocycles. The van der Waals surface area contributed by atoms with E-state index in [1.54, 1.807) is 11.2 Å². The summed E-state index contributed by atoms with van der Waals surface area (Å²) in [7, 11) is 0. The van der Waals surface area contributed by atoms with E-state index in [-0.39, 0.29) is 5.91 Å². The summed E-state index contributed by atoms with van der Waals surface area (Å²) < 4.78 is 20.6. The van der Waals surface area contributed by atoms with Gasteiger partial charge in [0.1, 0.15) is 11.3 Å². The number of hydrogen-bond donors (Lipinski definition) is 0. The summed E-state index contributed by atoms with van der Waals surface area (Å²) in [5.41, 5.74) is 2.89. The zero-order valence-electron chi connectivity index (χ0n) is 15.6. The quantitative estimate of drug-likeness (QED) is 0.622. The third-order valence-corrected chi connectivity index (χ3v) is 5.58. The van der Waals surface area contributed by atoms with Crippen molar-refractivity contribution in [3.63, 3.8) is 0 Å². The maximum atomic E-state index is 15.2. The minimum atomic E-state index is -1.22. The fourth-order valence-electron chi connectivity index (χ4n) is 3.88. The van der Waals surface area contributed by atoms with E-state index in [1.165, 1.54) is 0 Å². The molecular formula is C23H24FNO2. The summed E-state index contributed by atoms with van der Waals surface area (Å²) >= 11 is 0. The van der Waals surface area contributed by atoms with Crippen molar-refractivity contribution in [1.29, 1.82) is 0 Å². The van der Waals surface area contributed by atoms with Gasteiger partial charge in [-0.05, 0) is 47.7 Å². The van der Waals surface area contributed by atoms with Crippen LogP contribution in [-0.4, -0.2) is 29.6 Å². The Balaban J connectivity index is 1.44. The number of nitrogens with zero attached hydrogens (tertiary/aromatic N) is 1. The molecule has 1 amide bonds. The second-order valence-corrected chi connectivity index (χ2v) is 7.43. The van der Waals surface area contributed by atoms with Crippen LogP contribution in [-0.2, 0) is 11.2 Å². The Morgan fingerprint density at radius 3 is 2.48 bits per heavy atom. The Bertz CT molecular complexity index is 936. The number of rotatable bonds is 4. The highest BCUT2D eigenvalue weighted by Crippen LogP contribution is 2.32. The van der Waals surface area contributed by atoms with Crippen molar-refractivity contribution in [1.82, 2.24) is 4.90 Å². The van der Waals surface area contributed by atoms with Gasteiger partial charge < -0.3 is 9.32 Å². The molecule has 3 nitrogen and oxygen atoms in total. The fraction of sp³-hybridized carbons (Fsp3) is 0.348. The molecule has 3 aromatic rings. The number of amides is 1. The van der Waals surface area contributed by atoms with E-state index in [4.69, 9.17) is 4.42 Å². The number of piperidine rings is 1. The Morgan fingerprint density at radius 2 is 1.78 bits per heavy atom. The van der Waals surface area contributed by atoms with E-state index in [9.17, 15) is 4.79 Å². The Hall–Kier alpha value is -2.62. The number of alkyl halides is 1. The third kappa shape index (κ3) is 3.75. The van der Waals surface area contributed by atoms with Crippen LogP contribution in [0.4, 0.5) is 4.39 Å². The molecule has 2 heterocycles. The van der Waals surface area contributed by atoms with Gasteiger partial charge in [0.25, 0.3) is 0 Å². The number of halogens is 1. The van der Waals surface area contributed by atoms with Crippen molar-refractivity contribution in [3.8, 4) is 11.1 Å². The SMILES string of the molecule is CCC(=O)N1CCC(F)(Cc2ccc(-c3ccc4occc4c3)cc2)CC1. The molecule has 0 unspecified atom stereocenters. The molecule has 0 radical (unpaired) electrons. The van der Waals surface area contributed by atoms with E-state index in [2.05, 4.69) is 18.2 Å². The number of fused-ring (bicyclic) bond motifs is 1. The smallest absolute Gasteiger partial charge is 0.222 e. The molecule has 1 fully saturated rings. The molecular weight excluding hydrogens is 341 g/mol. The second kappa shape index (κ2) is 7.18. The van der Waals surface area contributed by atoms with Crippen LogP contribution in [0.15, 0.2) is 59.2 Å². The van der Waals surface area contributed by atoms with Gasteiger partial charge in [-0.2, -0.15) is 0 Å². The van der Waals surface area contributed by atoms with Gasteiger partial charge in [-0.25, -0.2) is 4.39 Å². The summed E-state index contributed by atoms with van der Waals surface area (Å²) in [6.45, 7) is 2.89. The summed E-state index contributed by atoms with van der Waals surface area (Å²) in [6.07, 6.45) is 3.42. The first-order chi connectivity index (χ1) is 13.1. The third-order valence-electron chi connectivity index (χ3n) is 5.58. The molecule has 27 heavy (non-hydrogen) atoms. The lowest BCUT2D eigenvalue weighted by molar-refractivity contribution is -0.133. The van der Waals surface area contributed by atoms with Crippen molar-refractivity contribution >= 4 is 16.9 Å². The van der Waals surface area contributed by atoms with Crippen molar-refractivity contribution in [2.45, 2.75) is 38.3 Å². The first kappa shape index (κ1) is 17.8. The molecule has 1 aromatic heterocycles.